The zero-order valence-corrected chi connectivity index (χ0v) is 9.89. The molecule has 1 N–H and O–H groups in total. The van der Waals surface area contributed by atoms with Gasteiger partial charge in [-0.2, -0.15) is 5.06 Å². The molecule has 1 fully saturated rings. The fourth-order valence-electron chi connectivity index (χ4n) is 2.01. The summed E-state index contributed by atoms with van der Waals surface area (Å²) in [6.07, 6.45) is 0. The zero-order chi connectivity index (χ0) is 11.6. The fourth-order valence-corrected chi connectivity index (χ4v) is 2.01. The number of benzene rings is 1. The second kappa shape index (κ2) is 4.53. The highest BCUT2D eigenvalue weighted by molar-refractivity contribution is 5.15. The Morgan fingerprint density at radius 2 is 1.94 bits per heavy atom. The summed E-state index contributed by atoms with van der Waals surface area (Å²) in [5.41, 5.74) is 0.924. The normalized spacial score (nSPS) is 18.8. The van der Waals surface area contributed by atoms with E-state index in [1.54, 1.807) is 0 Å². The predicted molar refractivity (Wildman–Crippen MR) is 62.2 cm³/mol. The summed E-state index contributed by atoms with van der Waals surface area (Å²) in [7, 11) is 0. The molecule has 0 radical (unpaired) electrons. The van der Waals surface area contributed by atoms with Crippen LogP contribution in [0.3, 0.4) is 0 Å². The van der Waals surface area contributed by atoms with Crippen molar-refractivity contribution in [1.82, 2.24) is 5.06 Å². The molecule has 2 rings (SSSR count). The van der Waals surface area contributed by atoms with Gasteiger partial charge in [-0.05, 0) is 11.5 Å². The third-order valence-corrected chi connectivity index (χ3v) is 3.47. The summed E-state index contributed by atoms with van der Waals surface area (Å²) in [5, 5.41) is 11.6. The van der Waals surface area contributed by atoms with E-state index in [2.05, 4.69) is 13.8 Å². The van der Waals surface area contributed by atoms with Crippen molar-refractivity contribution in [3.8, 4) is 0 Å². The number of nitrogens with zero attached hydrogens (tertiary/aromatic N) is 1. The minimum Gasteiger partial charge on any atom is -0.377 e. The van der Waals surface area contributed by atoms with Crippen LogP contribution in [0.4, 0.5) is 0 Å². The van der Waals surface area contributed by atoms with Gasteiger partial charge < -0.3 is 9.94 Å². The summed E-state index contributed by atoms with van der Waals surface area (Å²) in [6.45, 7) is 6.04. The molecule has 0 amide bonds. The molecule has 0 atom stereocenters. The van der Waals surface area contributed by atoms with Crippen molar-refractivity contribution in [2.75, 3.05) is 13.2 Å². The molecular formula is C13H19NO2. The maximum absolute atomic E-state index is 10.2. The number of rotatable bonds is 4. The number of hydrogen-bond acceptors (Lipinski definition) is 3. The van der Waals surface area contributed by atoms with Gasteiger partial charge in [-0.1, -0.05) is 44.2 Å². The molecular weight excluding hydrogens is 202 g/mol. The minimum atomic E-state index is -0.199. The van der Waals surface area contributed by atoms with Gasteiger partial charge in [0.15, 0.2) is 0 Å². The van der Waals surface area contributed by atoms with Gasteiger partial charge in [0.1, 0.15) is 0 Å². The summed E-state index contributed by atoms with van der Waals surface area (Å²) in [6, 6.07) is 10.0. The van der Waals surface area contributed by atoms with Gasteiger partial charge in [0.25, 0.3) is 0 Å². The van der Waals surface area contributed by atoms with Crippen LogP contribution in [0.5, 0.6) is 0 Å². The van der Waals surface area contributed by atoms with E-state index in [4.69, 9.17) is 4.74 Å². The van der Waals surface area contributed by atoms with Crippen LogP contribution in [0.25, 0.3) is 0 Å². The van der Waals surface area contributed by atoms with Crippen molar-refractivity contribution in [2.24, 2.45) is 5.92 Å². The third-order valence-electron chi connectivity index (χ3n) is 3.47. The van der Waals surface area contributed by atoms with Crippen LogP contribution in [0.1, 0.15) is 19.4 Å². The van der Waals surface area contributed by atoms with E-state index < -0.39 is 0 Å². The highest BCUT2D eigenvalue weighted by atomic mass is 16.6. The SMILES string of the molecule is CC(C)C1(N(O)Cc2ccccc2)COC1. The third kappa shape index (κ3) is 1.98. The van der Waals surface area contributed by atoms with Crippen LogP contribution in [0, 0.1) is 5.92 Å². The van der Waals surface area contributed by atoms with E-state index in [1.807, 2.05) is 30.3 Å². The van der Waals surface area contributed by atoms with Crippen LogP contribution in [0.2, 0.25) is 0 Å². The molecule has 0 aliphatic carbocycles. The van der Waals surface area contributed by atoms with E-state index in [0.717, 1.165) is 5.56 Å². The van der Waals surface area contributed by atoms with E-state index in [-0.39, 0.29) is 5.54 Å². The number of hydroxylamine groups is 2. The first-order chi connectivity index (χ1) is 7.65. The number of ether oxygens (including phenoxy) is 1. The summed E-state index contributed by atoms with van der Waals surface area (Å²) < 4.78 is 5.26. The van der Waals surface area contributed by atoms with Crippen LogP contribution < -0.4 is 0 Å². The molecule has 1 aliphatic heterocycles. The van der Waals surface area contributed by atoms with Crippen molar-refractivity contribution in [3.05, 3.63) is 35.9 Å². The molecule has 1 heterocycles. The van der Waals surface area contributed by atoms with Crippen molar-refractivity contribution < 1.29 is 9.94 Å². The minimum absolute atomic E-state index is 0.199. The summed E-state index contributed by atoms with van der Waals surface area (Å²) >= 11 is 0. The van der Waals surface area contributed by atoms with Gasteiger partial charge in [-0.15, -0.1) is 0 Å². The predicted octanol–water partition coefficient (Wildman–Crippen LogP) is 2.30. The highest BCUT2D eigenvalue weighted by Gasteiger charge is 2.46. The first-order valence-electron chi connectivity index (χ1n) is 5.73. The van der Waals surface area contributed by atoms with Crippen molar-refractivity contribution in [1.29, 1.82) is 0 Å². The zero-order valence-electron chi connectivity index (χ0n) is 9.89. The molecule has 3 nitrogen and oxygen atoms in total. The van der Waals surface area contributed by atoms with Gasteiger partial charge in [0.05, 0.1) is 18.8 Å². The lowest BCUT2D eigenvalue weighted by molar-refractivity contribution is -0.279. The molecule has 16 heavy (non-hydrogen) atoms. The summed E-state index contributed by atoms with van der Waals surface area (Å²) in [4.78, 5) is 0. The van der Waals surface area contributed by atoms with Gasteiger partial charge in [0.2, 0.25) is 0 Å². The van der Waals surface area contributed by atoms with Crippen molar-refractivity contribution >= 4 is 0 Å². The average molecular weight is 221 g/mol. The number of hydrogen-bond donors (Lipinski definition) is 1. The molecule has 1 aromatic carbocycles. The van der Waals surface area contributed by atoms with E-state index in [0.29, 0.717) is 25.7 Å². The Bertz CT molecular complexity index is 333. The Kier molecular flexibility index (Phi) is 3.28. The molecule has 1 aromatic rings. The summed E-state index contributed by atoms with van der Waals surface area (Å²) in [5.74, 6) is 0.384. The first kappa shape index (κ1) is 11.6. The fraction of sp³-hybridized carbons (Fsp3) is 0.538. The second-order valence-electron chi connectivity index (χ2n) is 4.79. The molecule has 0 saturated carbocycles. The quantitative estimate of drug-likeness (QED) is 0.792. The standard InChI is InChI=1S/C13H19NO2/c1-11(2)13(9-16-10-13)14(15)8-12-6-4-3-5-7-12/h3-7,11,15H,8-10H2,1-2H3. The second-order valence-corrected chi connectivity index (χ2v) is 4.79. The van der Waals surface area contributed by atoms with E-state index in [9.17, 15) is 5.21 Å². The Morgan fingerprint density at radius 3 is 2.38 bits per heavy atom. The Hall–Kier alpha value is -0.900. The lowest BCUT2D eigenvalue weighted by Gasteiger charge is -2.49. The van der Waals surface area contributed by atoms with E-state index >= 15 is 0 Å². The average Bonchev–Trinajstić information content (AvgIpc) is 2.16. The maximum atomic E-state index is 10.2. The molecule has 0 spiro atoms. The molecule has 88 valence electrons. The molecule has 0 aromatic heterocycles. The highest BCUT2D eigenvalue weighted by Crippen LogP contribution is 2.32. The Morgan fingerprint density at radius 1 is 1.31 bits per heavy atom. The van der Waals surface area contributed by atoms with Gasteiger partial charge in [-0.25, -0.2) is 0 Å². The van der Waals surface area contributed by atoms with Gasteiger partial charge in [-0.3, -0.25) is 0 Å². The van der Waals surface area contributed by atoms with Crippen LogP contribution >= 0.6 is 0 Å². The first-order valence-corrected chi connectivity index (χ1v) is 5.73. The largest absolute Gasteiger partial charge is 0.377 e. The van der Waals surface area contributed by atoms with Gasteiger partial charge in [0, 0.05) is 6.54 Å². The van der Waals surface area contributed by atoms with Crippen molar-refractivity contribution in [3.63, 3.8) is 0 Å². The van der Waals surface area contributed by atoms with Crippen molar-refractivity contribution in [2.45, 2.75) is 25.9 Å². The molecule has 1 aliphatic rings. The van der Waals surface area contributed by atoms with Crippen LogP contribution in [-0.4, -0.2) is 29.0 Å². The van der Waals surface area contributed by atoms with Gasteiger partial charge >= 0.3 is 0 Å². The van der Waals surface area contributed by atoms with Crippen LogP contribution in [0.15, 0.2) is 30.3 Å². The molecule has 0 bridgehead atoms. The lowest BCUT2D eigenvalue weighted by atomic mass is 9.84. The Balaban J connectivity index is 2.05. The smallest absolute Gasteiger partial charge is 0.0951 e. The monoisotopic (exact) mass is 221 g/mol. The topological polar surface area (TPSA) is 32.7 Å². The van der Waals surface area contributed by atoms with E-state index in [1.165, 1.54) is 5.06 Å². The Labute approximate surface area is 96.6 Å². The molecule has 0 unspecified atom stereocenters. The van der Waals surface area contributed by atoms with Crippen LogP contribution in [-0.2, 0) is 11.3 Å². The molecule has 1 saturated heterocycles. The lowest BCUT2D eigenvalue weighted by Crippen LogP contribution is -2.64. The molecule has 3 heteroatoms. The maximum Gasteiger partial charge on any atom is 0.0951 e.